The summed E-state index contributed by atoms with van der Waals surface area (Å²) < 4.78 is 16.7. The molecule has 0 bridgehead atoms. The van der Waals surface area contributed by atoms with Crippen LogP contribution in [0.15, 0.2) is 134 Å². The number of unbranched alkanes of at least 4 members (excludes halogenated alkanes) is 12. The lowest BCUT2D eigenvalue weighted by Gasteiger charge is -2.18. The molecule has 0 aromatic rings. The molecule has 0 heterocycles. The van der Waals surface area contributed by atoms with Gasteiger partial charge in [-0.05, 0) is 89.9 Å². The standard InChI is InChI=1S/C54H82O6/c1-4-7-10-13-16-19-22-25-27-29-32-35-38-41-44-47-53(56)59-50-51(49-58-52(55)46-43-40-37-34-31-24-21-18-15-12-9-6-3)60-54(57)48-45-42-39-36-33-30-28-26-23-20-17-14-11-8-5-2/h7-14,16-23,25,27,29,31-32,34,51H,4-6,15,24,26,28,30,33,35-50H2,1-3H3/b10-7-,11-8-,12-9-,16-13-,17-14-,21-18-,22-19-,23-20-,27-25-,32-29-,34-31-. The van der Waals surface area contributed by atoms with Crippen LogP contribution in [0.3, 0.4) is 0 Å². The second-order valence-electron chi connectivity index (χ2n) is 14.7. The summed E-state index contributed by atoms with van der Waals surface area (Å²) >= 11 is 0. The Morgan fingerprint density at radius 2 is 0.683 bits per heavy atom. The van der Waals surface area contributed by atoms with Gasteiger partial charge in [0.05, 0.1) is 0 Å². The molecule has 60 heavy (non-hydrogen) atoms. The Bertz CT molecular complexity index is 1370. The number of ether oxygens (including phenoxy) is 3. The molecule has 0 radical (unpaired) electrons. The summed E-state index contributed by atoms with van der Waals surface area (Å²) in [5, 5.41) is 0. The first-order valence-corrected chi connectivity index (χ1v) is 23.3. The highest BCUT2D eigenvalue weighted by Gasteiger charge is 2.19. The van der Waals surface area contributed by atoms with Gasteiger partial charge in [0.1, 0.15) is 13.2 Å². The van der Waals surface area contributed by atoms with E-state index < -0.39 is 6.10 Å². The zero-order chi connectivity index (χ0) is 43.7. The van der Waals surface area contributed by atoms with Crippen LogP contribution in [0.5, 0.6) is 0 Å². The summed E-state index contributed by atoms with van der Waals surface area (Å²) in [5.74, 6) is -1.03. The fraction of sp³-hybridized carbons (Fsp3) is 0.537. The summed E-state index contributed by atoms with van der Waals surface area (Å²) in [6.45, 7) is 6.13. The first-order valence-electron chi connectivity index (χ1n) is 23.3. The number of rotatable bonds is 39. The van der Waals surface area contributed by atoms with Crippen molar-refractivity contribution in [2.75, 3.05) is 13.2 Å². The van der Waals surface area contributed by atoms with Gasteiger partial charge in [0.2, 0.25) is 0 Å². The van der Waals surface area contributed by atoms with Crippen molar-refractivity contribution in [3.8, 4) is 0 Å². The topological polar surface area (TPSA) is 78.9 Å². The van der Waals surface area contributed by atoms with Crippen LogP contribution in [0, 0.1) is 0 Å². The lowest BCUT2D eigenvalue weighted by atomic mass is 10.1. The summed E-state index contributed by atoms with van der Waals surface area (Å²) in [4.78, 5) is 37.8. The fourth-order valence-electron chi connectivity index (χ4n) is 5.65. The predicted molar refractivity (Wildman–Crippen MR) is 256 cm³/mol. The van der Waals surface area contributed by atoms with Crippen molar-refractivity contribution in [1.82, 2.24) is 0 Å². The molecule has 6 nitrogen and oxygen atoms in total. The van der Waals surface area contributed by atoms with E-state index >= 15 is 0 Å². The van der Waals surface area contributed by atoms with E-state index in [0.717, 1.165) is 103 Å². The predicted octanol–water partition coefficient (Wildman–Crippen LogP) is 15.1. The molecule has 0 rings (SSSR count). The molecule has 334 valence electrons. The molecule has 0 spiro atoms. The molecule has 1 unspecified atom stereocenters. The van der Waals surface area contributed by atoms with Gasteiger partial charge in [-0.2, -0.15) is 0 Å². The molecule has 0 N–H and O–H groups in total. The third kappa shape index (κ3) is 44.6. The fourth-order valence-corrected chi connectivity index (χ4v) is 5.65. The number of esters is 3. The molecular formula is C54H82O6. The Kier molecular flexibility index (Phi) is 43.7. The molecule has 0 aliphatic carbocycles. The van der Waals surface area contributed by atoms with Gasteiger partial charge >= 0.3 is 17.9 Å². The van der Waals surface area contributed by atoms with Crippen molar-refractivity contribution in [2.24, 2.45) is 0 Å². The largest absolute Gasteiger partial charge is 0.462 e. The maximum atomic E-state index is 12.8. The maximum Gasteiger partial charge on any atom is 0.306 e. The monoisotopic (exact) mass is 827 g/mol. The summed E-state index contributed by atoms with van der Waals surface area (Å²) in [5.41, 5.74) is 0. The van der Waals surface area contributed by atoms with E-state index in [-0.39, 0.29) is 31.1 Å². The normalized spacial score (nSPS) is 13.3. The van der Waals surface area contributed by atoms with Crippen LogP contribution < -0.4 is 0 Å². The highest BCUT2D eigenvalue weighted by atomic mass is 16.6. The van der Waals surface area contributed by atoms with Crippen molar-refractivity contribution < 1.29 is 28.6 Å². The molecule has 0 aromatic carbocycles. The Labute approximate surface area is 366 Å². The van der Waals surface area contributed by atoms with Gasteiger partial charge in [-0.15, -0.1) is 0 Å². The molecule has 0 aliphatic heterocycles. The average Bonchev–Trinajstić information content (AvgIpc) is 3.24. The van der Waals surface area contributed by atoms with E-state index in [1.807, 2.05) is 48.6 Å². The van der Waals surface area contributed by atoms with E-state index in [2.05, 4.69) is 106 Å². The Balaban J connectivity index is 4.57. The van der Waals surface area contributed by atoms with E-state index in [1.54, 1.807) is 0 Å². The first-order chi connectivity index (χ1) is 29.5. The van der Waals surface area contributed by atoms with Crippen molar-refractivity contribution in [2.45, 2.75) is 175 Å². The van der Waals surface area contributed by atoms with Crippen molar-refractivity contribution >= 4 is 17.9 Å². The minimum Gasteiger partial charge on any atom is -0.462 e. The third-order valence-electron chi connectivity index (χ3n) is 9.07. The van der Waals surface area contributed by atoms with Gasteiger partial charge in [-0.3, -0.25) is 14.4 Å². The van der Waals surface area contributed by atoms with Crippen LogP contribution in [-0.2, 0) is 28.6 Å². The van der Waals surface area contributed by atoms with Crippen LogP contribution in [0.25, 0.3) is 0 Å². The Morgan fingerprint density at radius 1 is 0.350 bits per heavy atom. The van der Waals surface area contributed by atoms with E-state index in [1.165, 1.54) is 19.3 Å². The van der Waals surface area contributed by atoms with Crippen LogP contribution in [0.2, 0.25) is 0 Å². The van der Waals surface area contributed by atoms with Gasteiger partial charge < -0.3 is 14.2 Å². The van der Waals surface area contributed by atoms with E-state index in [9.17, 15) is 14.4 Å². The summed E-state index contributed by atoms with van der Waals surface area (Å²) in [6, 6.07) is 0. The zero-order valence-corrected chi connectivity index (χ0v) is 37.9. The molecule has 0 fully saturated rings. The second kappa shape index (κ2) is 47.2. The molecule has 0 saturated carbocycles. The second-order valence-corrected chi connectivity index (χ2v) is 14.7. The molecule has 1 atom stereocenters. The highest BCUT2D eigenvalue weighted by Crippen LogP contribution is 2.12. The lowest BCUT2D eigenvalue weighted by Crippen LogP contribution is -2.30. The van der Waals surface area contributed by atoms with E-state index in [4.69, 9.17) is 14.2 Å². The van der Waals surface area contributed by atoms with Crippen LogP contribution in [0.1, 0.15) is 168 Å². The van der Waals surface area contributed by atoms with Gasteiger partial charge in [0.15, 0.2) is 6.10 Å². The number of hydrogen-bond donors (Lipinski definition) is 0. The number of hydrogen-bond acceptors (Lipinski definition) is 6. The minimum absolute atomic E-state index is 0.123. The SMILES string of the molecule is CC\C=C/C=C\C=C/C=C\C=C/CCCCCC(=O)OCC(COC(=O)CCCC/C=C\C/C=C\C/C=C\CC)OC(=O)CCCCCCCCC\C=C/C=C\C=C/CC. The van der Waals surface area contributed by atoms with Gasteiger partial charge in [-0.25, -0.2) is 0 Å². The Hall–Kier alpha value is -4.45. The zero-order valence-electron chi connectivity index (χ0n) is 37.9. The van der Waals surface area contributed by atoms with E-state index in [0.29, 0.717) is 25.7 Å². The molecule has 0 amide bonds. The van der Waals surface area contributed by atoms with Gasteiger partial charge in [0.25, 0.3) is 0 Å². The maximum absolute atomic E-state index is 12.8. The lowest BCUT2D eigenvalue weighted by molar-refractivity contribution is -0.167. The van der Waals surface area contributed by atoms with Crippen LogP contribution in [-0.4, -0.2) is 37.2 Å². The third-order valence-corrected chi connectivity index (χ3v) is 9.07. The first kappa shape index (κ1) is 55.5. The molecular weight excluding hydrogens is 745 g/mol. The van der Waals surface area contributed by atoms with Crippen molar-refractivity contribution in [3.63, 3.8) is 0 Å². The smallest absolute Gasteiger partial charge is 0.306 e. The summed E-state index contributed by atoms with van der Waals surface area (Å²) in [7, 11) is 0. The Morgan fingerprint density at radius 3 is 1.18 bits per heavy atom. The highest BCUT2D eigenvalue weighted by molar-refractivity contribution is 5.71. The molecule has 6 heteroatoms. The quantitative estimate of drug-likeness (QED) is 0.0202. The molecule has 0 aliphatic rings. The van der Waals surface area contributed by atoms with Crippen molar-refractivity contribution in [3.05, 3.63) is 134 Å². The number of carbonyl (C=O) groups is 3. The molecule has 0 saturated heterocycles. The van der Waals surface area contributed by atoms with Crippen LogP contribution in [0.4, 0.5) is 0 Å². The number of allylic oxidation sites excluding steroid dienone is 22. The summed E-state index contributed by atoms with van der Waals surface area (Å²) in [6.07, 6.45) is 65.8. The number of carbonyl (C=O) groups excluding carboxylic acids is 3. The minimum atomic E-state index is -0.821. The van der Waals surface area contributed by atoms with Gasteiger partial charge in [0, 0.05) is 19.3 Å². The molecule has 0 aromatic heterocycles. The van der Waals surface area contributed by atoms with Gasteiger partial charge in [-0.1, -0.05) is 193 Å². The van der Waals surface area contributed by atoms with Crippen LogP contribution >= 0.6 is 0 Å². The average molecular weight is 827 g/mol. The van der Waals surface area contributed by atoms with Crippen molar-refractivity contribution in [1.29, 1.82) is 0 Å².